The highest BCUT2D eigenvalue weighted by Gasteiger charge is 2.29. The molecular formula is C16H14BrNO5S. The molecule has 6 nitrogen and oxygen atoms in total. The summed E-state index contributed by atoms with van der Waals surface area (Å²) in [7, 11) is -4.05. The van der Waals surface area contributed by atoms with E-state index in [1.807, 2.05) is 0 Å². The van der Waals surface area contributed by atoms with Crippen molar-refractivity contribution in [3.8, 4) is 5.75 Å². The van der Waals surface area contributed by atoms with Gasteiger partial charge in [-0.1, -0.05) is 18.2 Å². The van der Waals surface area contributed by atoms with Crippen LogP contribution >= 0.6 is 15.9 Å². The van der Waals surface area contributed by atoms with E-state index in [1.165, 1.54) is 37.3 Å². The molecule has 0 radical (unpaired) electrons. The summed E-state index contributed by atoms with van der Waals surface area (Å²) < 4.78 is 31.5. The Kier molecular flexibility index (Phi) is 5.40. The lowest BCUT2D eigenvalue weighted by molar-refractivity contribution is -0.132. The van der Waals surface area contributed by atoms with Gasteiger partial charge in [0.2, 0.25) is 5.91 Å². The Labute approximate surface area is 148 Å². The van der Waals surface area contributed by atoms with Crippen LogP contribution in [0.3, 0.4) is 0 Å². The molecule has 0 N–H and O–H groups in total. The van der Waals surface area contributed by atoms with Crippen LogP contribution in [-0.4, -0.2) is 20.3 Å². The van der Waals surface area contributed by atoms with Crippen molar-refractivity contribution in [1.82, 2.24) is 0 Å². The summed E-state index contributed by atoms with van der Waals surface area (Å²) in [6.45, 7) is 2.41. The highest BCUT2D eigenvalue weighted by molar-refractivity contribution is 9.10. The molecule has 24 heavy (non-hydrogen) atoms. The van der Waals surface area contributed by atoms with Gasteiger partial charge in [0.25, 0.3) is 10.0 Å². The minimum atomic E-state index is -4.05. The summed E-state index contributed by atoms with van der Waals surface area (Å²) in [5.74, 6) is -0.943. The quantitative estimate of drug-likeness (QED) is 0.570. The SMILES string of the molecule is CC(=O)Oc1ccc(N(C(C)=O)S(=O)(=O)c2ccccc2)cc1Br. The van der Waals surface area contributed by atoms with Crippen molar-refractivity contribution >= 4 is 43.5 Å². The van der Waals surface area contributed by atoms with Crippen molar-refractivity contribution in [3.63, 3.8) is 0 Å². The number of ether oxygens (including phenoxy) is 1. The van der Waals surface area contributed by atoms with E-state index >= 15 is 0 Å². The number of carbonyl (C=O) groups is 2. The fraction of sp³-hybridized carbons (Fsp3) is 0.125. The number of carbonyl (C=O) groups excluding carboxylic acids is 2. The molecule has 0 unspecified atom stereocenters. The van der Waals surface area contributed by atoms with E-state index in [-0.39, 0.29) is 16.3 Å². The monoisotopic (exact) mass is 411 g/mol. The van der Waals surface area contributed by atoms with E-state index in [2.05, 4.69) is 15.9 Å². The molecule has 1 amide bonds. The predicted octanol–water partition coefficient (Wildman–Crippen LogP) is 3.12. The third kappa shape index (κ3) is 3.82. The molecule has 0 bridgehead atoms. The molecular weight excluding hydrogens is 398 g/mol. The van der Waals surface area contributed by atoms with E-state index in [0.29, 0.717) is 8.78 Å². The first-order valence-electron chi connectivity index (χ1n) is 6.82. The molecule has 2 rings (SSSR count). The third-order valence-corrected chi connectivity index (χ3v) is 5.41. The minimum Gasteiger partial charge on any atom is -0.426 e. The number of sulfonamides is 1. The molecule has 0 aromatic heterocycles. The topological polar surface area (TPSA) is 80.8 Å². The van der Waals surface area contributed by atoms with Gasteiger partial charge < -0.3 is 4.74 Å². The van der Waals surface area contributed by atoms with Crippen molar-refractivity contribution < 1.29 is 22.7 Å². The summed E-state index contributed by atoms with van der Waals surface area (Å²) in [5.41, 5.74) is 0.133. The Hall–Kier alpha value is -2.19. The molecule has 0 aliphatic carbocycles. The number of nitrogens with zero attached hydrogens (tertiary/aromatic N) is 1. The first-order valence-corrected chi connectivity index (χ1v) is 9.05. The van der Waals surface area contributed by atoms with Crippen molar-refractivity contribution in [2.45, 2.75) is 18.7 Å². The van der Waals surface area contributed by atoms with Gasteiger partial charge >= 0.3 is 5.97 Å². The Balaban J connectivity index is 2.51. The normalized spacial score (nSPS) is 11.0. The Morgan fingerprint density at radius 2 is 1.67 bits per heavy atom. The Morgan fingerprint density at radius 3 is 2.17 bits per heavy atom. The Bertz CT molecular complexity index is 881. The van der Waals surface area contributed by atoms with Crippen molar-refractivity contribution in [1.29, 1.82) is 0 Å². The second-order valence-electron chi connectivity index (χ2n) is 4.81. The summed E-state index contributed by atoms with van der Waals surface area (Å²) >= 11 is 3.21. The van der Waals surface area contributed by atoms with Gasteiger partial charge in [-0.2, -0.15) is 0 Å². The molecule has 0 spiro atoms. The predicted molar refractivity (Wildman–Crippen MR) is 92.2 cm³/mol. The maximum absolute atomic E-state index is 12.8. The summed E-state index contributed by atoms with van der Waals surface area (Å²) in [6.07, 6.45) is 0. The number of esters is 1. The maximum Gasteiger partial charge on any atom is 0.308 e. The number of rotatable bonds is 4. The van der Waals surface area contributed by atoms with E-state index < -0.39 is 21.9 Å². The molecule has 2 aromatic carbocycles. The number of amides is 1. The minimum absolute atomic E-state index is 0.000356. The van der Waals surface area contributed by atoms with Gasteiger partial charge in [-0.25, -0.2) is 12.7 Å². The van der Waals surface area contributed by atoms with Crippen LogP contribution in [0.1, 0.15) is 13.8 Å². The van der Waals surface area contributed by atoms with E-state index in [9.17, 15) is 18.0 Å². The average molecular weight is 412 g/mol. The fourth-order valence-corrected chi connectivity index (χ4v) is 3.93. The number of benzene rings is 2. The molecule has 0 fully saturated rings. The molecule has 2 aromatic rings. The average Bonchev–Trinajstić information content (AvgIpc) is 2.50. The fourth-order valence-electron chi connectivity index (χ4n) is 2.04. The highest BCUT2D eigenvalue weighted by Crippen LogP contribution is 2.32. The first-order chi connectivity index (χ1) is 11.2. The van der Waals surface area contributed by atoms with Crippen LogP contribution in [0.2, 0.25) is 0 Å². The third-order valence-electron chi connectivity index (χ3n) is 2.97. The van der Waals surface area contributed by atoms with Crippen LogP contribution in [0.15, 0.2) is 57.9 Å². The van der Waals surface area contributed by atoms with Crippen molar-refractivity contribution in [2.24, 2.45) is 0 Å². The summed E-state index contributed by atoms with van der Waals surface area (Å²) in [6, 6.07) is 11.9. The standard InChI is InChI=1S/C16H14BrNO5S/c1-11(19)18(24(21,22)14-6-4-3-5-7-14)13-8-9-16(15(17)10-13)23-12(2)20/h3-10H,1-2H3. The van der Waals surface area contributed by atoms with Crippen LogP contribution in [0.5, 0.6) is 5.75 Å². The molecule has 0 saturated heterocycles. The molecule has 0 aliphatic heterocycles. The van der Waals surface area contributed by atoms with Crippen LogP contribution in [-0.2, 0) is 19.6 Å². The van der Waals surface area contributed by atoms with Gasteiger partial charge in [-0.3, -0.25) is 9.59 Å². The molecule has 126 valence electrons. The summed E-state index contributed by atoms with van der Waals surface area (Å²) in [5, 5.41) is 0. The molecule has 0 heterocycles. The highest BCUT2D eigenvalue weighted by atomic mass is 79.9. The van der Waals surface area contributed by atoms with Gasteiger partial charge in [0.1, 0.15) is 5.75 Å². The molecule has 0 atom stereocenters. The van der Waals surface area contributed by atoms with Crippen LogP contribution in [0.4, 0.5) is 5.69 Å². The molecule has 0 saturated carbocycles. The van der Waals surface area contributed by atoms with E-state index in [4.69, 9.17) is 4.74 Å². The van der Waals surface area contributed by atoms with E-state index in [0.717, 1.165) is 6.92 Å². The van der Waals surface area contributed by atoms with Gasteiger partial charge in [-0.15, -0.1) is 0 Å². The van der Waals surface area contributed by atoms with Gasteiger partial charge in [0.05, 0.1) is 15.1 Å². The van der Waals surface area contributed by atoms with Gasteiger partial charge in [0, 0.05) is 13.8 Å². The maximum atomic E-state index is 12.8. The van der Waals surface area contributed by atoms with Gasteiger partial charge in [0.15, 0.2) is 0 Å². The summed E-state index contributed by atoms with van der Waals surface area (Å²) in [4.78, 5) is 23.0. The van der Waals surface area contributed by atoms with Crippen LogP contribution < -0.4 is 9.04 Å². The van der Waals surface area contributed by atoms with Crippen molar-refractivity contribution in [3.05, 3.63) is 53.0 Å². The van der Waals surface area contributed by atoms with Gasteiger partial charge in [-0.05, 0) is 46.3 Å². The zero-order chi connectivity index (χ0) is 17.9. The lowest BCUT2D eigenvalue weighted by Gasteiger charge is -2.21. The second-order valence-corrected chi connectivity index (χ2v) is 7.45. The lowest BCUT2D eigenvalue weighted by atomic mass is 10.3. The largest absolute Gasteiger partial charge is 0.426 e. The van der Waals surface area contributed by atoms with E-state index in [1.54, 1.807) is 18.2 Å². The zero-order valence-corrected chi connectivity index (χ0v) is 15.3. The van der Waals surface area contributed by atoms with Crippen LogP contribution in [0.25, 0.3) is 0 Å². The smallest absolute Gasteiger partial charge is 0.308 e. The number of hydrogen-bond acceptors (Lipinski definition) is 5. The van der Waals surface area contributed by atoms with Crippen LogP contribution in [0, 0.1) is 0 Å². The number of anilines is 1. The number of hydrogen-bond donors (Lipinski definition) is 0. The Morgan fingerprint density at radius 1 is 1.04 bits per heavy atom. The molecule has 0 aliphatic rings. The second kappa shape index (κ2) is 7.14. The number of halogens is 1. The van der Waals surface area contributed by atoms with Crippen molar-refractivity contribution in [2.75, 3.05) is 4.31 Å². The molecule has 8 heteroatoms. The first kappa shape index (κ1) is 18.2. The lowest BCUT2D eigenvalue weighted by Crippen LogP contribution is -2.35. The zero-order valence-electron chi connectivity index (χ0n) is 12.9.